The van der Waals surface area contributed by atoms with Crippen LogP contribution in [0.2, 0.25) is 0 Å². The highest BCUT2D eigenvalue weighted by Crippen LogP contribution is 2.26. The van der Waals surface area contributed by atoms with Crippen LogP contribution in [-0.2, 0) is 4.79 Å². The molecule has 0 atom stereocenters. The number of piperidine rings is 1. The number of nitrogens with one attached hydrogen (secondary N) is 1. The van der Waals surface area contributed by atoms with Gasteiger partial charge in [-0.1, -0.05) is 12.1 Å². The molecule has 140 valence electrons. The molecule has 6 nitrogen and oxygen atoms in total. The fourth-order valence-electron chi connectivity index (χ4n) is 3.50. The number of aromatic nitrogens is 1. The van der Waals surface area contributed by atoms with Crippen molar-refractivity contribution < 1.29 is 14.3 Å². The summed E-state index contributed by atoms with van der Waals surface area (Å²) in [5, 5.41) is 12.0. The fraction of sp³-hybridized carbons (Fsp3) is 0.333. The molecule has 0 radical (unpaired) electrons. The number of likely N-dealkylation sites (tertiary alicyclic amines) is 1. The Morgan fingerprint density at radius 3 is 2.59 bits per heavy atom. The van der Waals surface area contributed by atoms with Crippen molar-refractivity contribution in [2.75, 3.05) is 31.6 Å². The summed E-state index contributed by atoms with van der Waals surface area (Å²) in [6.45, 7) is 2.57. The molecule has 0 aliphatic carbocycles. The van der Waals surface area contributed by atoms with Gasteiger partial charge in [-0.25, -0.2) is 4.98 Å². The summed E-state index contributed by atoms with van der Waals surface area (Å²) >= 11 is 0. The van der Waals surface area contributed by atoms with Gasteiger partial charge in [0.25, 0.3) is 0 Å². The van der Waals surface area contributed by atoms with Crippen LogP contribution >= 0.6 is 0 Å². The third-order valence-electron chi connectivity index (χ3n) is 5.07. The summed E-state index contributed by atoms with van der Waals surface area (Å²) in [6.07, 6.45) is 1.65. The number of hydrogen-bond donors (Lipinski definition) is 2. The van der Waals surface area contributed by atoms with Gasteiger partial charge in [0, 0.05) is 23.7 Å². The Labute approximate surface area is 157 Å². The number of carbonyl (C=O) groups excluding carboxylic acids is 1. The molecule has 2 aromatic carbocycles. The normalized spacial score (nSPS) is 15.9. The first-order valence-electron chi connectivity index (χ1n) is 9.33. The van der Waals surface area contributed by atoms with Gasteiger partial charge in [-0.05, 0) is 62.3 Å². The number of anilines is 1. The minimum atomic E-state index is 0.0247. The van der Waals surface area contributed by atoms with E-state index in [-0.39, 0.29) is 18.4 Å². The smallest absolute Gasteiger partial charge is 0.227 e. The van der Waals surface area contributed by atoms with Crippen LogP contribution < -0.4 is 5.32 Å². The Kier molecular flexibility index (Phi) is 5.18. The first-order valence-corrected chi connectivity index (χ1v) is 9.33. The molecular weight excluding hydrogens is 342 g/mol. The standard InChI is InChI=1S/C21H23N3O3/c25-14-13-24-11-9-15(10-12-24)20(26)22-17-7-5-16(6-8-17)21-23-18-3-1-2-4-19(18)27-21/h1-8,15,25H,9-14H2,(H,22,26). The summed E-state index contributed by atoms with van der Waals surface area (Å²) in [7, 11) is 0. The number of amides is 1. The first kappa shape index (κ1) is 17.7. The lowest BCUT2D eigenvalue weighted by atomic mass is 9.96. The van der Waals surface area contributed by atoms with E-state index in [1.807, 2.05) is 48.5 Å². The van der Waals surface area contributed by atoms with Crippen LogP contribution in [0.15, 0.2) is 52.9 Å². The molecule has 6 heteroatoms. The molecule has 27 heavy (non-hydrogen) atoms. The van der Waals surface area contributed by atoms with Crippen LogP contribution in [0.25, 0.3) is 22.6 Å². The van der Waals surface area contributed by atoms with Crippen LogP contribution in [0.3, 0.4) is 0 Å². The minimum Gasteiger partial charge on any atom is -0.436 e. The van der Waals surface area contributed by atoms with Gasteiger partial charge in [0.1, 0.15) is 5.52 Å². The zero-order valence-electron chi connectivity index (χ0n) is 15.1. The van der Waals surface area contributed by atoms with Gasteiger partial charge < -0.3 is 19.7 Å². The average molecular weight is 365 g/mol. The van der Waals surface area contributed by atoms with Crippen molar-refractivity contribution >= 4 is 22.7 Å². The quantitative estimate of drug-likeness (QED) is 0.726. The molecule has 0 saturated carbocycles. The van der Waals surface area contributed by atoms with Gasteiger partial charge in [0.2, 0.25) is 11.8 Å². The van der Waals surface area contributed by atoms with Gasteiger partial charge in [-0.2, -0.15) is 0 Å². The molecule has 2 heterocycles. The van der Waals surface area contributed by atoms with Crippen molar-refractivity contribution in [1.82, 2.24) is 9.88 Å². The van der Waals surface area contributed by atoms with Crippen LogP contribution in [0, 0.1) is 5.92 Å². The maximum atomic E-state index is 12.5. The van der Waals surface area contributed by atoms with Crippen molar-refractivity contribution in [1.29, 1.82) is 0 Å². The first-order chi connectivity index (χ1) is 13.2. The number of hydrogen-bond acceptors (Lipinski definition) is 5. The van der Waals surface area contributed by atoms with Gasteiger partial charge in [0.15, 0.2) is 5.58 Å². The minimum absolute atomic E-state index is 0.0247. The molecule has 0 spiro atoms. The number of rotatable bonds is 5. The second kappa shape index (κ2) is 7.90. The van der Waals surface area contributed by atoms with Crippen LogP contribution in [0.1, 0.15) is 12.8 Å². The lowest BCUT2D eigenvalue weighted by Gasteiger charge is -2.30. The Morgan fingerprint density at radius 1 is 1.15 bits per heavy atom. The van der Waals surface area contributed by atoms with Gasteiger partial charge >= 0.3 is 0 Å². The van der Waals surface area contributed by atoms with E-state index in [1.165, 1.54) is 0 Å². The monoisotopic (exact) mass is 365 g/mol. The van der Waals surface area contributed by atoms with E-state index in [1.54, 1.807) is 0 Å². The Hall–Kier alpha value is -2.70. The third-order valence-corrected chi connectivity index (χ3v) is 5.07. The Bertz CT molecular complexity index is 879. The zero-order valence-corrected chi connectivity index (χ0v) is 15.1. The summed E-state index contributed by atoms with van der Waals surface area (Å²) in [6, 6.07) is 15.2. The molecule has 1 saturated heterocycles. The third kappa shape index (κ3) is 4.02. The molecule has 1 aromatic heterocycles. The van der Waals surface area contributed by atoms with Crippen molar-refractivity contribution in [2.45, 2.75) is 12.8 Å². The molecule has 1 fully saturated rings. The van der Waals surface area contributed by atoms with Crippen LogP contribution in [0.5, 0.6) is 0 Å². The van der Waals surface area contributed by atoms with E-state index in [0.717, 1.165) is 48.3 Å². The summed E-state index contributed by atoms with van der Waals surface area (Å²) in [5.74, 6) is 0.662. The largest absolute Gasteiger partial charge is 0.436 e. The maximum absolute atomic E-state index is 12.5. The van der Waals surface area contributed by atoms with Crippen LogP contribution in [-0.4, -0.2) is 47.1 Å². The number of fused-ring (bicyclic) bond motifs is 1. The number of nitrogens with zero attached hydrogens (tertiary/aromatic N) is 2. The van der Waals surface area contributed by atoms with E-state index in [2.05, 4.69) is 15.2 Å². The van der Waals surface area contributed by atoms with Crippen molar-refractivity contribution in [3.05, 3.63) is 48.5 Å². The summed E-state index contributed by atoms with van der Waals surface area (Å²) < 4.78 is 5.78. The molecule has 2 N–H and O–H groups in total. The number of oxazole rings is 1. The fourth-order valence-corrected chi connectivity index (χ4v) is 3.50. The molecule has 3 aromatic rings. The number of para-hydroxylation sites is 2. The summed E-state index contributed by atoms with van der Waals surface area (Å²) in [4.78, 5) is 19.2. The molecular formula is C21H23N3O3. The second-order valence-electron chi connectivity index (χ2n) is 6.89. The number of benzene rings is 2. The lowest BCUT2D eigenvalue weighted by Crippen LogP contribution is -2.39. The summed E-state index contributed by atoms with van der Waals surface area (Å²) in [5.41, 5.74) is 3.24. The highest BCUT2D eigenvalue weighted by Gasteiger charge is 2.24. The molecule has 1 amide bonds. The van der Waals surface area contributed by atoms with Crippen molar-refractivity contribution in [3.8, 4) is 11.5 Å². The molecule has 1 aliphatic rings. The highest BCUT2D eigenvalue weighted by atomic mass is 16.3. The maximum Gasteiger partial charge on any atom is 0.227 e. The number of aliphatic hydroxyl groups is 1. The predicted octanol–water partition coefficient (Wildman–Crippen LogP) is 3.14. The van der Waals surface area contributed by atoms with Gasteiger partial charge in [-0.3, -0.25) is 4.79 Å². The highest BCUT2D eigenvalue weighted by molar-refractivity contribution is 5.92. The molecule has 4 rings (SSSR count). The Morgan fingerprint density at radius 2 is 1.89 bits per heavy atom. The second-order valence-corrected chi connectivity index (χ2v) is 6.89. The number of aliphatic hydroxyl groups excluding tert-OH is 1. The average Bonchev–Trinajstić information content (AvgIpc) is 3.13. The van der Waals surface area contributed by atoms with E-state index in [4.69, 9.17) is 9.52 Å². The van der Waals surface area contributed by atoms with E-state index in [9.17, 15) is 4.79 Å². The van der Waals surface area contributed by atoms with Gasteiger partial charge in [0.05, 0.1) is 6.61 Å². The van der Waals surface area contributed by atoms with E-state index < -0.39 is 0 Å². The van der Waals surface area contributed by atoms with Crippen molar-refractivity contribution in [3.63, 3.8) is 0 Å². The molecule has 0 bridgehead atoms. The Balaban J connectivity index is 1.38. The SMILES string of the molecule is O=C(Nc1ccc(-c2nc3ccccc3o2)cc1)C1CCN(CCO)CC1. The predicted molar refractivity (Wildman–Crippen MR) is 104 cm³/mol. The number of β-amino-alcohol motifs (C(OH)–C–C–N with tert-alkyl or cyclic N) is 1. The van der Waals surface area contributed by atoms with E-state index in [0.29, 0.717) is 12.4 Å². The zero-order chi connectivity index (χ0) is 18.6. The lowest BCUT2D eigenvalue weighted by molar-refractivity contribution is -0.121. The van der Waals surface area contributed by atoms with Crippen molar-refractivity contribution in [2.24, 2.45) is 5.92 Å². The number of carbonyl (C=O) groups is 1. The van der Waals surface area contributed by atoms with Crippen LogP contribution in [0.4, 0.5) is 5.69 Å². The molecule has 1 aliphatic heterocycles. The topological polar surface area (TPSA) is 78.6 Å². The molecule has 0 unspecified atom stereocenters. The van der Waals surface area contributed by atoms with E-state index >= 15 is 0 Å². The van der Waals surface area contributed by atoms with Gasteiger partial charge in [-0.15, -0.1) is 0 Å².